The number of anilines is 2. The zero-order valence-electron chi connectivity index (χ0n) is 14.9. The summed E-state index contributed by atoms with van der Waals surface area (Å²) >= 11 is 1.42. The van der Waals surface area contributed by atoms with Gasteiger partial charge in [0.15, 0.2) is 0 Å². The van der Waals surface area contributed by atoms with E-state index in [0.717, 1.165) is 10.2 Å². The Morgan fingerprint density at radius 1 is 1.21 bits per heavy atom. The molecule has 0 aliphatic heterocycles. The number of rotatable bonds is 5. The SMILES string of the molecule is CCn1nc(-c2ccccc2)c(C(=O)O)c(Nc2csc3ncccc23)c1=O. The summed E-state index contributed by atoms with van der Waals surface area (Å²) in [4.78, 5) is 30.1. The first-order chi connectivity index (χ1) is 13.6. The van der Waals surface area contributed by atoms with Gasteiger partial charge in [-0.3, -0.25) is 4.79 Å². The van der Waals surface area contributed by atoms with Gasteiger partial charge in [0, 0.05) is 29.1 Å². The second kappa shape index (κ2) is 7.24. The first-order valence-corrected chi connectivity index (χ1v) is 9.51. The fourth-order valence-electron chi connectivity index (χ4n) is 3.01. The van der Waals surface area contributed by atoms with Gasteiger partial charge in [0.1, 0.15) is 21.8 Å². The Balaban J connectivity index is 1.97. The van der Waals surface area contributed by atoms with E-state index in [9.17, 15) is 14.7 Å². The molecule has 4 rings (SSSR count). The third-order valence-corrected chi connectivity index (χ3v) is 5.23. The number of carboxylic acid groups (broad SMARTS) is 1. The predicted molar refractivity (Wildman–Crippen MR) is 109 cm³/mol. The molecule has 3 heterocycles. The fourth-order valence-corrected chi connectivity index (χ4v) is 3.85. The van der Waals surface area contributed by atoms with E-state index in [1.807, 2.05) is 17.5 Å². The number of benzene rings is 1. The Kier molecular flexibility index (Phi) is 4.62. The van der Waals surface area contributed by atoms with E-state index >= 15 is 0 Å². The van der Waals surface area contributed by atoms with Crippen LogP contribution in [0.3, 0.4) is 0 Å². The minimum absolute atomic E-state index is 0.00763. The van der Waals surface area contributed by atoms with Crippen LogP contribution in [0, 0.1) is 0 Å². The van der Waals surface area contributed by atoms with Crippen molar-refractivity contribution in [2.24, 2.45) is 0 Å². The van der Waals surface area contributed by atoms with Crippen LogP contribution in [0.5, 0.6) is 0 Å². The molecule has 4 aromatic rings. The number of fused-ring (bicyclic) bond motifs is 1. The summed E-state index contributed by atoms with van der Waals surface area (Å²) in [6, 6.07) is 12.7. The van der Waals surface area contributed by atoms with Gasteiger partial charge in [-0.2, -0.15) is 5.10 Å². The van der Waals surface area contributed by atoms with E-state index in [4.69, 9.17) is 0 Å². The zero-order valence-corrected chi connectivity index (χ0v) is 15.7. The molecule has 0 aliphatic carbocycles. The molecule has 28 heavy (non-hydrogen) atoms. The molecule has 0 aliphatic rings. The van der Waals surface area contributed by atoms with Gasteiger partial charge in [0.2, 0.25) is 0 Å². The second-order valence-electron chi connectivity index (χ2n) is 6.02. The monoisotopic (exact) mass is 392 g/mol. The van der Waals surface area contributed by atoms with E-state index in [1.165, 1.54) is 16.0 Å². The first-order valence-electron chi connectivity index (χ1n) is 8.63. The van der Waals surface area contributed by atoms with Crippen LogP contribution < -0.4 is 10.9 Å². The standard InChI is InChI=1S/C20H16N4O3S/c1-2-24-19(25)17(22-14-11-28-18-13(14)9-6-10-21-18)15(20(26)27)16(23-24)12-7-4-3-5-8-12/h3-11,22H,2H2,1H3,(H,26,27). The van der Waals surface area contributed by atoms with Crippen molar-refractivity contribution in [1.29, 1.82) is 0 Å². The summed E-state index contributed by atoms with van der Waals surface area (Å²) in [5, 5.41) is 19.9. The number of hydrogen-bond acceptors (Lipinski definition) is 6. The van der Waals surface area contributed by atoms with Gasteiger partial charge in [0.05, 0.1) is 5.69 Å². The normalized spacial score (nSPS) is 10.9. The van der Waals surface area contributed by atoms with E-state index in [-0.39, 0.29) is 16.9 Å². The lowest BCUT2D eigenvalue weighted by Crippen LogP contribution is -2.28. The second-order valence-corrected chi connectivity index (χ2v) is 6.88. The highest BCUT2D eigenvalue weighted by molar-refractivity contribution is 7.17. The summed E-state index contributed by atoms with van der Waals surface area (Å²) in [7, 11) is 0. The van der Waals surface area contributed by atoms with E-state index in [1.54, 1.807) is 43.5 Å². The van der Waals surface area contributed by atoms with Gasteiger partial charge in [-0.15, -0.1) is 11.3 Å². The van der Waals surface area contributed by atoms with Crippen molar-refractivity contribution in [3.63, 3.8) is 0 Å². The smallest absolute Gasteiger partial charge is 0.340 e. The van der Waals surface area contributed by atoms with Gasteiger partial charge in [-0.1, -0.05) is 30.3 Å². The number of carbonyl (C=O) groups is 1. The highest BCUT2D eigenvalue weighted by Crippen LogP contribution is 2.32. The van der Waals surface area contributed by atoms with E-state index < -0.39 is 11.5 Å². The molecular formula is C20H16N4O3S. The number of thiophene rings is 1. The van der Waals surface area contributed by atoms with Gasteiger partial charge in [-0.05, 0) is 19.1 Å². The zero-order chi connectivity index (χ0) is 19.7. The van der Waals surface area contributed by atoms with Crippen LogP contribution in [0.2, 0.25) is 0 Å². The third-order valence-electron chi connectivity index (χ3n) is 4.33. The Hall–Kier alpha value is -3.52. The van der Waals surface area contributed by atoms with Gasteiger partial charge in [-0.25, -0.2) is 14.5 Å². The Morgan fingerprint density at radius 2 is 2.00 bits per heavy atom. The van der Waals surface area contributed by atoms with Gasteiger partial charge >= 0.3 is 5.97 Å². The lowest BCUT2D eigenvalue weighted by molar-refractivity contribution is 0.0698. The molecule has 8 heteroatoms. The molecule has 0 bridgehead atoms. The number of aromatic carboxylic acids is 1. The maximum absolute atomic E-state index is 12.9. The summed E-state index contributed by atoms with van der Waals surface area (Å²) < 4.78 is 1.27. The molecule has 0 spiro atoms. The Morgan fingerprint density at radius 3 is 2.71 bits per heavy atom. The largest absolute Gasteiger partial charge is 0.478 e. The van der Waals surface area contributed by atoms with E-state index in [2.05, 4.69) is 15.4 Å². The molecule has 0 unspecified atom stereocenters. The number of nitrogens with zero attached hydrogens (tertiary/aromatic N) is 3. The van der Waals surface area contributed by atoms with Crippen molar-refractivity contribution in [2.75, 3.05) is 5.32 Å². The lowest BCUT2D eigenvalue weighted by Gasteiger charge is -2.15. The number of nitrogens with one attached hydrogen (secondary N) is 1. The van der Waals surface area contributed by atoms with Crippen molar-refractivity contribution < 1.29 is 9.90 Å². The maximum atomic E-state index is 12.9. The van der Waals surface area contributed by atoms with Crippen LogP contribution in [0.15, 0.2) is 58.8 Å². The van der Waals surface area contributed by atoms with Crippen LogP contribution in [0.4, 0.5) is 11.4 Å². The molecule has 0 saturated carbocycles. The molecular weight excluding hydrogens is 376 g/mol. The molecule has 0 fully saturated rings. The minimum Gasteiger partial charge on any atom is -0.478 e. The molecule has 0 radical (unpaired) electrons. The molecule has 0 atom stereocenters. The van der Waals surface area contributed by atoms with Crippen LogP contribution in [0.25, 0.3) is 21.5 Å². The van der Waals surface area contributed by atoms with Crippen LogP contribution in [-0.2, 0) is 6.54 Å². The number of pyridine rings is 1. The lowest BCUT2D eigenvalue weighted by atomic mass is 10.0. The topological polar surface area (TPSA) is 97.1 Å². The molecule has 0 amide bonds. The molecule has 3 aromatic heterocycles. The summed E-state index contributed by atoms with van der Waals surface area (Å²) in [6.45, 7) is 2.11. The Labute approximate surface area is 163 Å². The van der Waals surface area contributed by atoms with E-state index in [0.29, 0.717) is 17.8 Å². The highest BCUT2D eigenvalue weighted by atomic mass is 32.1. The predicted octanol–water partition coefficient (Wildman–Crippen LogP) is 3.98. The summed E-state index contributed by atoms with van der Waals surface area (Å²) in [5.41, 5.74) is 0.871. The van der Waals surface area contributed by atoms with Crippen LogP contribution in [-0.4, -0.2) is 25.8 Å². The van der Waals surface area contributed by atoms with Crippen molar-refractivity contribution in [3.8, 4) is 11.3 Å². The summed E-state index contributed by atoms with van der Waals surface area (Å²) in [5.74, 6) is -1.22. The molecule has 1 aromatic carbocycles. The summed E-state index contributed by atoms with van der Waals surface area (Å²) in [6.07, 6.45) is 1.69. The third kappa shape index (κ3) is 3.03. The fraction of sp³-hybridized carbons (Fsp3) is 0.100. The minimum atomic E-state index is -1.22. The number of hydrogen-bond donors (Lipinski definition) is 2. The van der Waals surface area contributed by atoms with Crippen molar-refractivity contribution >= 4 is 38.9 Å². The molecule has 2 N–H and O–H groups in total. The number of aryl methyl sites for hydroxylation is 1. The van der Waals surface area contributed by atoms with Crippen molar-refractivity contribution in [3.05, 3.63) is 70.0 Å². The Bertz CT molecular complexity index is 1230. The molecule has 140 valence electrons. The maximum Gasteiger partial charge on any atom is 0.340 e. The quantitative estimate of drug-likeness (QED) is 0.533. The average molecular weight is 392 g/mol. The molecule has 0 saturated heterocycles. The average Bonchev–Trinajstić information content (AvgIpc) is 3.12. The number of carboxylic acids is 1. The van der Waals surface area contributed by atoms with Crippen LogP contribution in [0.1, 0.15) is 17.3 Å². The van der Waals surface area contributed by atoms with Crippen molar-refractivity contribution in [1.82, 2.24) is 14.8 Å². The van der Waals surface area contributed by atoms with Gasteiger partial charge < -0.3 is 10.4 Å². The van der Waals surface area contributed by atoms with Crippen LogP contribution >= 0.6 is 11.3 Å². The number of aromatic nitrogens is 3. The first kappa shape index (κ1) is 17.9. The van der Waals surface area contributed by atoms with Gasteiger partial charge in [0.25, 0.3) is 5.56 Å². The molecule has 7 nitrogen and oxygen atoms in total. The van der Waals surface area contributed by atoms with Crippen molar-refractivity contribution in [2.45, 2.75) is 13.5 Å². The highest BCUT2D eigenvalue weighted by Gasteiger charge is 2.24.